The maximum Gasteiger partial charge on any atom is 0.195 e. The maximum atomic E-state index is 4.70. The highest BCUT2D eigenvalue weighted by Crippen LogP contribution is 2.28. The summed E-state index contributed by atoms with van der Waals surface area (Å²) in [6.07, 6.45) is 1.89. The van der Waals surface area contributed by atoms with Crippen molar-refractivity contribution in [1.29, 1.82) is 0 Å². The third-order valence-corrected chi connectivity index (χ3v) is 4.34. The van der Waals surface area contributed by atoms with Gasteiger partial charge in [-0.3, -0.25) is 9.55 Å². The van der Waals surface area contributed by atoms with E-state index >= 15 is 0 Å². The lowest BCUT2D eigenvalue weighted by Gasteiger charge is -2.03. The molecule has 0 unspecified atom stereocenters. The summed E-state index contributed by atoms with van der Waals surface area (Å²) in [4.78, 5) is 9.18. The molecule has 0 fully saturated rings. The molecule has 0 saturated carbocycles. The first-order valence-electron chi connectivity index (χ1n) is 6.48. The maximum absolute atomic E-state index is 4.70. The van der Waals surface area contributed by atoms with Crippen molar-refractivity contribution < 1.29 is 0 Å². The van der Waals surface area contributed by atoms with Crippen LogP contribution >= 0.6 is 11.3 Å². The summed E-state index contributed by atoms with van der Waals surface area (Å²) in [7, 11) is 0. The van der Waals surface area contributed by atoms with Crippen LogP contribution in [0.5, 0.6) is 0 Å². The molecule has 0 aliphatic rings. The zero-order valence-corrected chi connectivity index (χ0v) is 12.5. The largest absolute Gasteiger partial charge is 0.295 e. The second kappa shape index (κ2) is 4.46. The molecule has 0 aliphatic carbocycles. The number of aryl methyl sites for hydroxylation is 2. The van der Waals surface area contributed by atoms with Gasteiger partial charge in [0.15, 0.2) is 5.13 Å². The van der Waals surface area contributed by atoms with Crippen molar-refractivity contribution in [3.8, 4) is 5.13 Å². The van der Waals surface area contributed by atoms with Crippen molar-refractivity contribution in [1.82, 2.24) is 14.5 Å². The molecule has 19 heavy (non-hydrogen) atoms. The Balaban J connectivity index is 2.17. The van der Waals surface area contributed by atoms with Crippen molar-refractivity contribution in [2.24, 2.45) is 0 Å². The Hall–Kier alpha value is -1.68. The lowest BCUT2D eigenvalue weighted by atomic mass is 10.1. The molecule has 0 aromatic carbocycles. The second-order valence-electron chi connectivity index (χ2n) is 5.18. The van der Waals surface area contributed by atoms with E-state index in [1.165, 1.54) is 16.1 Å². The molecule has 0 bridgehead atoms. The Morgan fingerprint density at radius 2 is 1.84 bits per heavy atom. The van der Waals surface area contributed by atoms with E-state index in [1.54, 1.807) is 11.3 Å². The van der Waals surface area contributed by atoms with Gasteiger partial charge in [0.2, 0.25) is 0 Å². The molecule has 0 amide bonds. The summed E-state index contributed by atoms with van der Waals surface area (Å²) in [5, 5.41) is 1.03. The number of thiazole rings is 1. The minimum absolute atomic E-state index is 0.449. The summed E-state index contributed by atoms with van der Waals surface area (Å²) in [6.45, 7) is 8.54. The number of rotatable bonds is 2. The lowest BCUT2D eigenvalue weighted by Crippen LogP contribution is -1.97. The molecule has 98 valence electrons. The van der Waals surface area contributed by atoms with Crippen molar-refractivity contribution >= 4 is 21.6 Å². The quantitative estimate of drug-likeness (QED) is 0.698. The molecular formula is C15H17N3S. The molecule has 0 spiro atoms. The average Bonchev–Trinajstić information content (AvgIpc) is 2.91. The van der Waals surface area contributed by atoms with Gasteiger partial charge in [0.25, 0.3) is 0 Å². The summed E-state index contributed by atoms with van der Waals surface area (Å²) >= 11 is 1.73. The molecule has 0 aliphatic heterocycles. The van der Waals surface area contributed by atoms with Gasteiger partial charge in [0.05, 0.1) is 10.9 Å². The topological polar surface area (TPSA) is 30.7 Å². The highest BCUT2D eigenvalue weighted by atomic mass is 32.1. The average molecular weight is 271 g/mol. The zero-order valence-electron chi connectivity index (χ0n) is 11.6. The lowest BCUT2D eigenvalue weighted by molar-refractivity contribution is 0.826. The number of fused-ring (bicyclic) bond motifs is 1. The van der Waals surface area contributed by atoms with Crippen LogP contribution in [0.1, 0.15) is 36.8 Å². The van der Waals surface area contributed by atoms with Crippen LogP contribution in [0.15, 0.2) is 24.4 Å². The van der Waals surface area contributed by atoms with E-state index < -0.39 is 0 Å². The van der Waals surface area contributed by atoms with Crippen molar-refractivity contribution in [3.63, 3.8) is 0 Å². The fourth-order valence-corrected chi connectivity index (χ4v) is 3.32. The first-order valence-corrected chi connectivity index (χ1v) is 7.29. The first kappa shape index (κ1) is 12.4. The van der Waals surface area contributed by atoms with Crippen LogP contribution in [0.2, 0.25) is 0 Å². The van der Waals surface area contributed by atoms with Crippen LogP contribution in [0.3, 0.4) is 0 Å². The predicted molar refractivity (Wildman–Crippen MR) is 80.3 cm³/mol. The molecule has 0 saturated heterocycles. The van der Waals surface area contributed by atoms with Crippen LogP contribution in [0.25, 0.3) is 15.3 Å². The van der Waals surface area contributed by atoms with Gasteiger partial charge in [-0.25, -0.2) is 4.98 Å². The third kappa shape index (κ3) is 2.06. The summed E-state index contributed by atoms with van der Waals surface area (Å²) in [5.41, 5.74) is 4.54. The van der Waals surface area contributed by atoms with E-state index in [-0.39, 0.29) is 0 Å². The molecule has 3 aromatic heterocycles. The van der Waals surface area contributed by atoms with Gasteiger partial charge in [0, 0.05) is 17.1 Å². The highest BCUT2D eigenvalue weighted by Gasteiger charge is 2.11. The molecular weight excluding hydrogens is 254 g/mol. The van der Waals surface area contributed by atoms with Crippen LogP contribution in [-0.4, -0.2) is 14.5 Å². The zero-order chi connectivity index (χ0) is 13.6. The van der Waals surface area contributed by atoms with Crippen molar-refractivity contribution in [2.75, 3.05) is 0 Å². The number of nitrogens with zero attached hydrogens (tertiary/aromatic N) is 3. The molecule has 3 rings (SSSR count). The Morgan fingerprint density at radius 1 is 1.16 bits per heavy atom. The normalized spacial score (nSPS) is 11.6. The van der Waals surface area contributed by atoms with E-state index in [0.717, 1.165) is 16.3 Å². The highest BCUT2D eigenvalue weighted by molar-refractivity contribution is 7.20. The van der Waals surface area contributed by atoms with Crippen LogP contribution in [0.4, 0.5) is 0 Å². The third-order valence-electron chi connectivity index (χ3n) is 3.34. The minimum Gasteiger partial charge on any atom is -0.295 e. The van der Waals surface area contributed by atoms with Gasteiger partial charge in [-0.1, -0.05) is 25.2 Å². The molecule has 0 radical (unpaired) electrons. The second-order valence-corrected chi connectivity index (χ2v) is 6.19. The monoisotopic (exact) mass is 271 g/mol. The van der Waals surface area contributed by atoms with Crippen LogP contribution in [-0.2, 0) is 0 Å². The predicted octanol–water partition coefficient (Wildman–Crippen LogP) is 4.22. The summed E-state index contributed by atoms with van der Waals surface area (Å²) in [5.74, 6) is 0.449. The number of hydrogen-bond acceptors (Lipinski definition) is 3. The van der Waals surface area contributed by atoms with Crippen LogP contribution < -0.4 is 0 Å². The smallest absolute Gasteiger partial charge is 0.195 e. The Morgan fingerprint density at radius 3 is 2.47 bits per heavy atom. The van der Waals surface area contributed by atoms with E-state index in [0.29, 0.717) is 5.92 Å². The molecule has 3 nitrogen and oxygen atoms in total. The Labute approximate surface area is 116 Å². The molecule has 0 N–H and O–H groups in total. The molecule has 3 heterocycles. The van der Waals surface area contributed by atoms with E-state index in [4.69, 9.17) is 4.98 Å². The van der Waals surface area contributed by atoms with Gasteiger partial charge in [-0.15, -0.1) is 0 Å². The van der Waals surface area contributed by atoms with Gasteiger partial charge in [-0.2, -0.15) is 0 Å². The Kier molecular flexibility index (Phi) is 2.90. The van der Waals surface area contributed by atoms with Crippen LogP contribution in [0, 0.1) is 13.8 Å². The number of aromatic nitrogens is 3. The molecule has 3 aromatic rings. The van der Waals surface area contributed by atoms with Crippen molar-refractivity contribution in [3.05, 3.63) is 41.5 Å². The van der Waals surface area contributed by atoms with Gasteiger partial charge in [0.1, 0.15) is 5.52 Å². The SMILES string of the molecule is Cc1ccc(C)n1-c1nc2cnc(C(C)C)cc2s1. The molecule has 0 atom stereocenters. The van der Waals surface area contributed by atoms with E-state index in [2.05, 4.69) is 55.4 Å². The van der Waals surface area contributed by atoms with Gasteiger partial charge in [-0.05, 0) is 38.0 Å². The summed E-state index contributed by atoms with van der Waals surface area (Å²) < 4.78 is 3.40. The fraction of sp³-hybridized carbons (Fsp3) is 0.333. The van der Waals surface area contributed by atoms with E-state index in [1.807, 2.05) is 6.20 Å². The standard InChI is InChI=1S/C15H17N3S/c1-9(2)12-7-14-13(8-16-12)17-15(19-14)18-10(3)5-6-11(18)4/h5-9H,1-4H3. The van der Waals surface area contributed by atoms with Gasteiger partial charge < -0.3 is 0 Å². The first-order chi connectivity index (χ1) is 9.06. The fourth-order valence-electron chi connectivity index (χ4n) is 2.22. The number of pyridine rings is 1. The molecule has 4 heteroatoms. The van der Waals surface area contributed by atoms with Crippen molar-refractivity contribution in [2.45, 2.75) is 33.6 Å². The van der Waals surface area contributed by atoms with E-state index in [9.17, 15) is 0 Å². The summed E-state index contributed by atoms with van der Waals surface area (Å²) in [6, 6.07) is 6.41. The minimum atomic E-state index is 0.449. The number of hydrogen-bond donors (Lipinski definition) is 0. The van der Waals surface area contributed by atoms with Gasteiger partial charge >= 0.3 is 0 Å². The Bertz CT molecular complexity index is 718.